The highest BCUT2D eigenvalue weighted by Crippen LogP contribution is 2.19. The normalized spacial score (nSPS) is 11.6. The number of hydrogen-bond acceptors (Lipinski definition) is 3. The van der Waals surface area contributed by atoms with Crippen LogP contribution in [-0.4, -0.2) is 43.5 Å². The van der Waals surface area contributed by atoms with Gasteiger partial charge in [0.1, 0.15) is 5.82 Å². The number of H-pyrrole nitrogens is 1. The first kappa shape index (κ1) is 20.4. The molecule has 7 nitrogen and oxygen atoms in total. The number of rotatable bonds is 8. The van der Waals surface area contributed by atoms with E-state index in [0.717, 1.165) is 34.9 Å². The lowest BCUT2D eigenvalue weighted by atomic mass is 10.1. The highest BCUT2D eigenvalue weighted by atomic mass is 19.1. The molecule has 0 aliphatic rings. The fraction of sp³-hybridized carbons (Fsp3) is 0.333. The third kappa shape index (κ3) is 5.37. The van der Waals surface area contributed by atoms with Crippen molar-refractivity contribution in [1.29, 1.82) is 0 Å². The van der Waals surface area contributed by atoms with Crippen molar-refractivity contribution in [2.24, 2.45) is 4.99 Å². The van der Waals surface area contributed by atoms with Gasteiger partial charge in [-0.15, -0.1) is 0 Å². The maximum Gasteiger partial charge on any atom is 0.287 e. The minimum Gasteiger partial charge on any atom is -0.459 e. The molecule has 0 atom stereocenters. The molecule has 1 amide bonds. The van der Waals surface area contributed by atoms with Gasteiger partial charge in [-0.1, -0.05) is 0 Å². The monoisotopic (exact) mass is 399 g/mol. The third-order valence-electron chi connectivity index (χ3n) is 4.64. The number of hydrogen-bond donors (Lipinski definition) is 4. The molecule has 0 saturated heterocycles. The molecule has 0 aliphatic heterocycles. The van der Waals surface area contributed by atoms with Gasteiger partial charge in [-0.05, 0) is 49.6 Å². The molecular weight excluding hydrogens is 373 g/mol. The summed E-state index contributed by atoms with van der Waals surface area (Å²) in [7, 11) is 1.71. The van der Waals surface area contributed by atoms with Crippen LogP contribution in [0.4, 0.5) is 4.39 Å². The predicted octanol–water partition coefficient (Wildman–Crippen LogP) is 2.74. The molecule has 4 N–H and O–H groups in total. The number of nitrogens with one attached hydrogen (secondary N) is 4. The highest BCUT2D eigenvalue weighted by Gasteiger charge is 2.11. The summed E-state index contributed by atoms with van der Waals surface area (Å²) in [5, 5.41) is 10.3. The van der Waals surface area contributed by atoms with Gasteiger partial charge in [-0.3, -0.25) is 9.79 Å². The van der Waals surface area contributed by atoms with Crippen LogP contribution < -0.4 is 16.0 Å². The zero-order valence-corrected chi connectivity index (χ0v) is 16.6. The van der Waals surface area contributed by atoms with Crippen LogP contribution in [0, 0.1) is 12.7 Å². The maximum absolute atomic E-state index is 13.3. The molecule has 0 unspecified atom stereocenters. The Bertz CT molecular complexity index is 992. The van der Waals surface area contributed by atoms with Gasteiger partial charge in [0, 0.05) is 49.3 Å². The molecule has 2 heterocycles. The van der Waals surface area contributed by atoms with Crippen LogP contribution in [-0.2, 0) is 6.42 Å². The Morgan fingerprint density at radius 3 is 2.72 bits per heavy atom. The predicted molar refractivity (Wildman–Crippen MR) is 112 cm³/mol. The Balaban J connectivity index is 1.35. The van der Waals surface area contributed by atoms with E-state index in [2.05, 4.69) is 25.9 Å². The van der Waals surface area contributed by atoms with Crippen molar-refractivity contribution in [3.8, 4) is 0 Å². The van der Waals surface area contributed by atoms with Crippen molar-refractivity contribution in [2.75, 3.05) is 26.7 Å². The lowest BCUT2D eigenvalue weighted by Crippen LogP contribution is -2.39. The lowest BCUT2D eigenvalue weighted by molar-refractivity contribution is 0.0925. The van der Waals surface area contributed by atoms with Crippen LogP contribution in [0.1, 0.15) is 28.1 Å². The van der Waals surface area contributed by atoms with Crippen molar-refractivity contribution in [1.82, 2.24) is 20.9 Å². The Labute approximate surface area is 168 Å². The number of aryl methyl sites for hydroxylation is 1. The Morgan fingerprint density at radius 2 is 1.97 bits per heavy atom. The minimum atomic E-state index is -0.246. The second-order valence-electron chi connectivity index (χ2n) is 6.72. The van der Waals surface area contributed by atoms with Crippen LogP contribution in [0.15, 0.2) is 46.1 Å². The summed E-state index contributed by atoms with van der Waals surface area (Å²) >= 11 is 0. The van der Waals surface area contributed by atoms with Gasteiger partial charge in [0.25, 0.3) is 5.91 Å². The summed E-state index contributed by atoms with van der Waals surface area (Å²) in [5.41, 5.74) is 2.75. The van der Waals surface area contributed by atoms with E-state index in [4.69, 9.17) is 4.42 Å². The molecule has 0 fully saturated rings. The number of aromatic amines is 1. The molecule has 0 aliphatic carbocycles. The van der Waals surface area contributed by atoms with Crippen LogP contribution in [0.2, 0.25) is 0 Å². The van der Waals surface area contributed by atoms with Crippen LogP contribution in [0.3, 0.4) is 0 Å². The zero-order chi connectivity index (χ0) is 20.6. The zero-order valence-electron chi connectivity index (χ0n) is 16.6. The fourth-order valence-corrected chi connectivity index (χ4v) is 3.08. The number of carbonyl (C=O) groups excluding carboxylic acids is 1. The van der Waals surface area contributed by atoms with Gasteiger partial charge in [0.05, 0.1) is 6.26 Å². The van der Waals surface area contributed by atoms with Crippen molar-refractivity contribution in [3.63, 3.8) is 0 Å². The Kier molecular flexibility index (Phi) is 6.89. The molecule has 0 saturated carbocycles. The second kappa shape index (κ2) is 9.77. The fourth-order valence-electron chi connectivity index (χ4n) is 3.08. The molecule has 2 aromatic heterocycles. The molecule has 154 valence electrons. The first-order chi connectivity index (χ1) is 14.1. The van der Waals surface area contributed by atoms with E-state index < -0.39 is 0 Å². The van der Waals surface area contributed by atoms with Crippen molar-refractivity contribution in [3.05, 3.63) is 59.4 Å². The van der Waals surface area contributed by atoms with E-state index in [0.29, 0.717) is 31.4 Å². The van der Waals surface area contributed by atoms with Crippen LogP contribution in [0.25, 0.3) is 10.9 Å². The molecule has 3 rings (SSSR count). The molecule has 8 heteroatoms. The van der Waals surface area contributed by atoms with Crippen molar-refractivity contribution < 1.29 is 13.6 Å². The van der Waals surface area contributed by atoms with Crippen LogP contribution in [0.5, 0.6) is 0 Å². The van der Waals surface area contributed by atoms with Crippen LogP contribution >= 0.6 is 0 Å². The number of fused-ring (bicyclic) bond motifs is 1. The molecular formula is C21H26FN5O2. The summed E-state index contributed by atoms with van der Waals surface area (Å²) in [6, 6.07) is 6.53. The quantitative estimate of drug-likeness (QED) is 0.266. The largest absolute Gasteiger partial charge is 0.459 e. The molecule has 29 heavy (non-hydrogen) atoms. The molecule has 0 radical (unpaired) electrons. The smallest absolute Gasteiger partial charge is 0.287 e. The van der Waals surface area contributed by atoms with Gasteiger partial charge < -0.3 is 25.4 Å². The van der Waals surface area contributed by atoms with E-state index in [1.807, 2.05) is 13.1 Å². The van der Waals surface area contributed by atoms with Gasteiger partial charge in [0.2, 0.25) is 0 Å². The number of halogens is 1. The third-order valence-corrected chi connectivity index (χ3v) is 4.64. The van der Waals surface area contributed by atoms with E-state index in [1.165, 1.54) is 18.4 Å². The lowest BCUT2D eigenvalue weighted by Gasteiger charge is -2.12. The summed E-state index contributed by atoms with van der Waals surface area (Å²) < 4.78 is 18.4. The number of guanidine groups is 1. The summed E-state index contributed by atoms with van der Waals surface area (Å²) in [6.45, 7) is 3.74. The number of furan rings is 1. The molecule has 0 spiro atoms. The van der Waals surface area contributed by atoms with E-state index in [-0.39, 0.29) is 11.7 Å². The number of aromatic nitrogens is 1. The number of amides is 1. The Morgan fingerprint density at radius 1 is 1.17 bits per heavy atom. The van der Waals surface area contributed by atoms with Gasteiger partial charge in [-0.25, -0.2) is 4.39 Å². The van der Waals surface area contributed by atoms with Gasteiger partial charge in [-0.2, -0.15) is 0 Å². The number of carbonyl (C=O) groups is 1. The van der Waals surface area contributed by atoms with Gasteiger partial charge >= 0.3 is 0 Å². The van der Waals surface area contributed by atoms with E-state index in [9.17, 15) is 9.18 Å². The van der Waals surface area contributed by atoms with E-state index >= 15 is 0 Å². The average molecular weight is 399 g/mol. The first-order valence-corrected chi connectivity index (χ1v) is 9.61. The SMILES string of the molecule is CN=C(NCCCNC(=O)c1occc1C)NCCc1c[nH]c2cc(F)ccc12. The minimum absolute atomic E-state index is 0.200. The Hall–Kier alpha value is -3.29. The topological polar surface area (TPSA) is 94.4 Å². The maximum atomic E-state index is 13.3. The van der Waals surface area contributed by atoms with Crippen molar-refractivity contribution >= 4 is 22.8 Å². The summed E-state index contributed by atoms with van der Waals surface area (Å²) in [6.07, 6.45) is 4.95. The van der Waals surface area contributed by atoms with Crippen molar-refractivity contribution in [2.45, 2.75) is 19.8 Å². The number of nitrogens with zero attached hydrogens (tertiary/aromatic N) is 1. The number of benzene rings is 1. The molecule has 0 bridgehead atoms. The second-order valence-corrected chi connectivity index (χ2v) is 6.72. The highest BCUT2D eigenvalue weighted by molar-refractivity contribution is 5.92. The summed E-state index contributed by atoms with van der Waals surface area (Å²) in [5.74, 6) is 0.609. The summed E-state index contributed by atoms with van der Waals surface area (Å²) in [4.78, 5) is 19.3. The first-order valence-electron chi connectivity index (χ1n) is 9.61. The van der Waals surface area contributed by atoms with Gasteiger partial charge in [0.15, 0.2) is 11.7 Å². The number of aliphatic imine (C=N–C) groups is 1. The van der Waals surface area contributed by atoms with E-state index in [1.54, 1.807) is 19.2 Å². The molecule has 1 aromatic carbocycles. The average Bonchev–Trinajstić information content (AvgIpc) is 3.32. The molecule has 3 aromatic rings. The standard InChI is InChI=1S/C21H26FN5O2/c1-14-7-11-29-19(14)20(28)24-8-3-9-25-21(23-2)26-10-6-15-13-27-18-12-16(22)4-5-17(15)18/h4-5,7,11-13,27H,3,6,8-10H2,1-2H3,(H,24,28)(H2,23,25,26).